The van der Waals surface area contributed by atoms with Crippen LogP contribution in [0.15, 0.2) is 17.5 Å². The number of ether oxygens (including phenoxy) is 1. The maximum atomic E-state index is 12.5. The van der Waals surface area contributed by atoms with Crippen LogP contribution < -0.4 is 4.74 Å². The maximum Gasteiger partial charge on any atom is 0.260 e. The first-order valence-electron chi connectivity index (χ1n) is 8.67. The summed E-state index contributed by atoms with van der Waals surface area (Å²) in [7, 11) is 0. The van der Waals surface area contributed by atoms with Gasteiger partial charge in [0.15, 0.2) is 6.61 Å². The normalized spacial score (nSPS) is 15.8. The third kappa shape index (κ3) is 3.42. The van der Waals surface area contributed by atoms with Gasteiger partial charge in [-0.15, -0.1) is 22.7 Å². The quantitative estimate of drug-likeness (QED) is 0.723. The topological polar surface area (TPSA) is 65.9 Å². The largest absolute Gasteiger partial charge is 0.483 e. The number of fused-ring (bicyclic) bond motifs is 3. The number of rotatable bonds is 5. The number of carbonyl (C=O) groups is 1. The molecule has 0 bridgehead atoms. The van der Waals surface area contributed by atoms with Crippen molar-refractivity contribution >= 4 is 48.9 Å². The minimum Gasteiger partial charge on any atom is -0.483 e. The van der Waals surface area contributed by atoms with Crippen molar-refractivity contribution in [2.75, 3.05) is 45.9 Å². The lowest BCUT2D eigenvalue weighted by Crippen LogP contribution is -2.50. The van der Waals surface area contributed by atoms with Gasteiger partial charge in [0.1, 0.15) is 5.75 Å². The zero-order valence-electron chi connectivity index (χ0n) is 14.6. The summed E-state index contributed by atoms with van der Waals surface area (Å²) in [6.45, 7) is 5.85. The number of carbonyl (C=O) groups excluding carboxylic acids is 1. The average molecular weight is 392 g/mol. The molecule has 1 aromatic carbocycles. The Bertz CT molecular complexity index is 928. The average Bonchev–Trinajstić information content (AvgIpc) is 3.26. The van der Waals surface area contributed by atoms with Crippen molar-refractivity contribution in [1.29, 1.82) is 0 Å². The molecule has 3 heterocycles. The van der Waals surface area contributed by atoms with Gasteiger partial charge in [0.2, 0.25) is 0 Å². The van der Waals surface area contributed by atoms with Crippen LogP contribution in [0.3, 0.4) is 0 Å². The van der Waals surface area contributed by atoms with Crippen LogP contribution >= 0.6 is 22.7 Å². The third-order valence-electron chi connectivity index (χ3n) is 4.66. The van der Waals surface area contributed by atoms with Crippen LogP contribution in [-0.4, -0.2) is 71.7 Å². The van der Waals surface area contributed by atoms with E-state index in [4.69, 9.17) is 9.84 Å². The number of aliphatic hydroxyl groups is 1. The Morgan fingerprint density at radius 2 is 2.15 bits per heavy atom. The predicted octanol–water partition coefficient (Wildman–Crippen LogP) is 2.33. The SMILES string of the molecule is Cc1nc2c(cc(OCC(=O)N3CCN(CCO)CC3)c3ccsc32)s1. The van der Waals surface area contributed by atoms with E-state index in [2.05, 4.69) is 9.88 Å². The number of nitrogens with zero attached hydrogens (tertiary/aromatic N) is 3. The Kier molecular flexibility index (Phi) is 5.08. The van der Waals surface area contributed by atoms with Crippen LogP contribution in [0.2, 0.25) is 0 Å². The van der Waals surface area contributed by atoms with Crippen LogP contribution in [0.25, 0.3) is 20.3 Å². The van der Waals surface area contributed by atoms with E-state index >= 15 is 0 Å². The molecule has 138 valence electrons. The Labute approximate surface area is 159 Å². The molecule has 2 aromatic heterocycles. The molecule has 3 aromatic rings. The second-order valence-corrected chi connectivity index (χ2v) is 8.50. The molecule has 26 heavy (non-hydrogen) atoms. The molecule has 4 rings (SSSR count). The number of aryl methyl sites for hydroxylation is 1. The van der Waals surface area contributed by atoms with E-state index in [9.17, 15) is 4.79 Å². The second-order valence-electron chi connectivity index (χ2n) is 6.35. The number of β-amino-alcohol motifs (C(OH)–C–C–N with tert-alkyl or cyclic N) is 1. The number of hydrogen-bond donors (Lipinski definition) is 1. The van der Waals surface area contributed by atoms with Crippen molar-refractivity contribution in [1.82, 2.24) is 14.8 Å². The summed E-state index contributed by atoms with van der Waals surface area (Å²) in [5, 5.41) is 13.1. The predicted molar refractivity (Wildman–Crippen MR) is 105 cm³/mol. The van der Waals surface area contributed by atoms with Crippen LogP contribution in [0.4, 0.5) is 0 Å². The molecule has 0 radical (unpaired) electrons. The maximum absolute atomic E-state index is 12.5. The molecule has 0 spiro atoms. The number of amides is 1. The van der Waals surface area contributed by atoms with Crippen LogP contribution in [-0.2, 0) is 4.79 Å². The molecule has 0 saturated carbocycles. The number of aliphatic hydroxyl groups excluding tert-OH is 1. The highest BCUT2D eigenvalue weighted by atomic mass is 32.1. The summed E-state index contributed by atoms with van der Waals surface area (Å²) >= 11 is 3.30. The highest BCUT2D eigenvalue weighted by Gasteiger charge is 2.21. The van der Waals surface area contributed by atoms with Crippen molar-refractivity contribution in [3.63, 3.8) is 0 Å². The minimum absolute atomic E-state index is 0.0117. The van der Waals surface area contributed by atoms with Gasteiger partial charge in [-0.3, -0.25) is 9.69 Å². The van der Waals surface area contributed by atoms with E-state index in [-0.39, 0.29) is 19.1 Å². The molecule has 1 aliphatic rings. The first-order chi connectivity index (χ1) is 12.7. The van der Waals surface area contributed by atoms with E-state index in [0.717, 1.165) is 44.1 Å². The van der Waals surface area contributed by atoms with Gasteiger partial charge in [-0.05, 0) is 18.4 Å². The van der Waals surface area contributed by atoms with Gasteiger partial charge in [-0.2, -0.15) is 0 Å². The van der Waals surface area contributed by atoms with E-state index in [0.29, 0.717) is 19.6 Å². The van der Waals surface area contributed by atoms with E-state index in [1.54, 1.807) is 22.7 Å². The molecule has 6 nitrogen and oxygen atoms in total. The van der Waals surface area contributed by atoms with Crippen LogP contribution in [0.5, 0.6) is 5.75 Å². The molecule has 1 N–H and O–H groups in total. The molecule has 8 heteroatoms. The lowest BCUT2D eigenvalue weighted by atomic mass is 10.2. The lowest BCUT2D eigenvalue weighted by Gasteiger charge is -2.34. The molecule has 0 unspecified atom stereocenters. The summed E-state index contributed by atoms with van der Waals surface area (Å²) in [5.41, 5.74) is 1.02. The Morgan fingerprint density at radius 1 is 1.35 bits per heavy atom. The number of aromatic nitrogens is 1. The minimum atomic E-state index is 0.0117. The molecule has 1 fully saturated rings. The number of hydrogen-bond acceptors (Lipinski definition) is 7. The van der Waals surface area contributed by atoms with Crippen molar-refractivity contribution in [2.45, 2.75) is 6.92 Å². The van der Waals surface area contributed by atoms with Gasteiger partial charge < -0.3 is 14.7 Å². The smallest absolute Gasteiger partial charge is 0.260 e. The van der Waals surface area contributed by atoms with E-state index in [1.807, 2.05) is 29.3 Å². The summed E-state index contributed by atoms with van der Waals surface area (Å²) in [6, 6.07) is 4.03. The molecule has 1 saturated heterocycles. The zero-order chi connectivity index (χ0) is 18.1. The van der Waals surface area contributed by atoms with Crippen molar-refractivity contribution < 1.29 is 14.6 Å². The van der Waals surface area contributed by atoms with Gasteiger partial charge in [0, 0.05) is 44.2 Å². The number of benzene rings is 1. The molecule has 1 aliphatic heterocycles. The fraction of sp³-hybridized carbons (Fsp3) is 0.444. The fourth-order valence-electron chi connectivity index (χ4n) is 3.30. The first-order valence-corrected chi connectivity index (χ1v) is 10.4. The van der Waals surface area contributed by atoms with Crippen LogP contribution in [0, 0.1) is 6.92 Å². The van der Waals surface area contributed by atoms with Gasteiger partial charge in [-0.1, -0.05) is 0 Å². The van der Waals surface area contributed by atoms with E-state index in [1.165, 1.54) is 0 Å². The molecule has 0 aliphatic carbocycles. The third-order valence-corrected chi connectivity index (χ3v) is 6.50. The van der Waals surface area contributed by atoms with Crippen molar-refractivity contribution in [3.8, 4) is 5.75 Å². The molecular formula is C18H21N3O3S2. The van der Waals surface area contributed by atoms with Gasteiger partial charge >= 0.3 is 0 Å². The van der Waals surface area contributed by atoms with Crippen LogP contribution in [0.1, 0.15) is 5.01 Å². The summed E-state index contributed by atoms with van der Waals surface area (Å²) in [4.78, 5) is 21.1. The summed E-state index contributed by atoms with van der Waals surface area (Å²) in [5.74, 6) is 0.766. The molecule has 0 atom stereocenters. The van der Waals surface area contributed by atoms with Gasteiger partial charge in [0.05, 0.1) is 26.5 Å². The molecular weight excluding hydrogens is 370 g/mol. The second kappa shape index (κ2) is 7.48. The van der Waals surface area contributed by atoms with Gasteiger partial charge in [0.25, 0.3) is 5.91 Å². The standard InChI is InChI=1S/C18H21N3O3S2/c1-12-19-17-15(26-12)10-14(13-2-9-25-18(13)17)24-11-16(23)21-5-3-20(4-6-21)7-8-22/h2,9-10,22H,3-8,11H2,1H3. The monoisotopic (exact) mass is 391 g/mol. The number of thiazole rings is 1. The fourth-order valence-corrected chi connectivity index (χ4v) is 5.13. The highest BCUT2D eigenvalue weighted by Crippen LogP contribution is 2.38. The number of thiophene rings is 1. The van der Waals surface area contributed by atoms with Crippen molar-refractivity contribution in [2.24, 2.45) is 0 Å². The van der Waals surface area contributed by atoms with Gasteiger partial charge in [-0.25, -0.2) is 4.98 Å². The van der Waals surface area contributed by atoms with E-state index < -0.39 is 0 Å². The zero-order valence-corrected chi connectivity index (χ0v) is 16.2. The summed E-state index contributed by atoms with van der Waals surface area (Å²) in [6.07, 6.45) is 0. The first kappa shape index (κ1) is 17.7. The summed E-state index contributed by atoms with van der Waals surface area (Å²) < 4.78 is 8.14. The number of piperazine rings is 1. The molecule has 1 amide bonds. The Balaban J connectivity index is 1.46. The lowest BCUT2D eigenvalue weighted by molar-refractivity contribution is -0.135. The Hall–Kier alpha value is -1.74. The highest BCUT2D eigenvalue weighted by molar-refractivity contribution is 7.21. The Morgan fingerprint density at radius 3 is 2.92 bits per heavy atom. The van der Waals surface area contributed by atoms with Crippen molar-refractivity contribution in [3.05, 3.63) is 22.5 Å².